The van der Waals surface area contributed by atoms with E-state index in [0.29, 0.717) is 0 Å². The molecule has 7 nitrogen and oxygen atoms in total. The summed E-state index contributed by atoms with van der Waals surface area (Å²) in [7, 11) is 0. The van der Waals surface area contributed by atoms with Gasteiger partial charge in [0.1, 0.15) is 5.44 Å². The van der Waals surface area contributed by atoms with Crippen LogP contribution in [0.5, 0.6) is 0 Å². The van der Waals surface area contributed by atoms with Gasteiger partial charge in [-0.3, -0.25) is 14.4 Å². The summed E-state index contributed by atoms with van der Waals surface area (Å²) in [4.78, 5) is 34.1. The highest BCUT2D eigenvalue weighted by molar-refractivity contribution is 7.99. The number of ether oxygens (including phenoxy) is 4. The molecule has 1 saturated heterocycles. The molecule has 8 heteroatoms. The Morgan fingerprint density at radius 1 is 0.909 bits per heavy atom. The van der Waals surface area contributed by atoms with Gasteiger partial charge in [-0.05, 0) is 12.7 Å². The molecule has 126 valence electrons. The van der Waals surface area contributed by atoms with Gasteiger partial charge in [0.25, 0.3) is 0 Å². The number of hydrogen-bond acceptors (Lipinski definition) is 8. The highest BCUT2D eigenvalue weighted by atomic mass is 32.2. The number of thioether (sulfide) groups is 1. The molecular formula is C14H22O7S. The lowest BCUT2D eigenvalue weighted by Gasteiger charge is -2.43. The van der Waals surface area contributed by atoms with Crippen LogP contribution < -0.4 is 0 Å². The first-order chi connectivity index (χ1) is 10.3. The minimum absolute atomic E-state index is 0.496. The molecule has 0 aliphatic carbocycles. The molecule has 1 aliphatic heterocycles. The van der Waals surface area contributed by atoms with E-state index in [9.17, 15) is 14.4 Å². The summed E-state index contributed by atoms with van der Waals surface area (Å²) < 4.78 is 21.6. The molecule has 0 radical (unpaired) electrons. The zero-order valence-electron chi connectivity index (χ0n) is 13.4. The molecule has 1 aliphatic rings. The molecule has 0 aromatic rings. The van der Waals surface area contributed by atoms with Crippen molar-refractivity contribution < 1.29 is 33.3 Å². The number of rotatable bonds is 5. The average Bonchev–Trinajstić information content (AvgIpc) is 2.37. The molecule has 1 heterocycles. The number of esters is 3. The molecule has 0 saturated carbocycles. The Morgan fingerprint density at radius 2 is 1.36 bits per heavy atom. The highest BCUT2D eigenvalue weighted by Gasteiger charge is 2.50. The van der Waals surface area contributed by atoms with Crippen molar-refractivity contribution in [2.24, 2.45) is 0 Å². The molecule has 0 amide bonds. The fraction of sp³-hybridized carbons (Fsp3) is 0.786. The first kappa shape index (κ1) is 18.8. The minimum atomic E-state index is -0.905. The summed E-state index contributed by atoms with van der Waals surface area (Å²) in [5.74, 6) is -0.877. The molecule has 22 heavy (non-hydrogen) atoms. The van der Waals surface area contributed by atoms with Crippen LogP contribution in [-0.4, -0.2) is 53.5 Å². The van der Waals surface area contributed by atoms with E-state index < -0.39 is 47.8 Å². The zero-order valence-corrected chi connectivity index (χ0v) is 14.2. The van der Waals surface area contributed by atoms with Crippen molar-refractivity contribution in [3.63, 3.8) is 0 Å². The first-order valence-electron chi connectivity index (χ1n) is 7.05. The Balaban J connectivity index is 3.09. The van der Waals surface area contributed by atoms with Crippen molar-refractivity contribution in [1.29, 1.82) is 0 Å². The van der Waals surface area contributed by atoms with Gasteiger partial charge in [0.2, 0.25) is 0 Å². The van der Waals surface area contributed by atoms with Crippen LogP contribution in [0, 0.1) is 0 Å². The monoisotopic (exact) mass is 334 g/mol. The van der Waals surface area contributed by atoms with E-state index in [4.69, 9.17) is 18.9 Å². The molecule has 0 aromatic heterocycles. The molecule has 0 N–H and O–H groups in total. The molecule has 1 fully saturated rings. The SMILES string of the molecule is CCS[C@@H]1OC(C)[C@@H](OC(C)=O)C(OC(C)=O)C1OC(C)=O. The fourth-order valence-electron chi connectivity index (χ4n) is 2.27. The van der Waals surface area contributed by atoms with Crippen LogP contribution in [-0.2, 0) is 33.3 Å². The molecule has 1 rings (SSSR count). The van der Waals surface area contributed by atoms with Crippen LogP contribution in [0.25, 0.3) is 0 Å². The molecule has 5 atom stereocenters. The number of carbonyl (C=O) groups excluding carboxylic acids is 3. The predicted octanol–water partition coefficient (Wildman–Crippen LogP) is 1.28. The van der Waals surface area contributed by atoms with Gasteiger partial charge < -0.3 is 18.9 Å². The maximum Gasteiger partial charge on any atom is 0.303 e. The Bertz CT molecular complexity index is 425. The fourth-order valence-corrected chi connectivity index (χ4v) is 3.25. The van der Waals surface area contributed by atoms with E-state index in [1.54, 1.807) is 6.92 Å². The molecule has 3 unspecified atom stereocenters. The third-order valence-corrected chi connectivity index (χ3v) is 4.01. The Kier molecular flexibility index (Phi) is 7.15. The summed E-state index contributed by atoms with van der Waals surface area (Å²) in [6, 6.07) is 0. The molecule has 0 spiro atoms. The van der Waals surface area contributed by atoms with Crippen molar-refractivity contribution >= 4 is 29.7 Å². The van der Waals surface area contributed by atoms with Crippen LogP contribution in [0.1, 0.15) is 34.6 Å². The first-order valence-corrected chi connectivity index (χ1v) is 8.09. The normalized spacial score (nSPS) is 31.2. The van der Waals surface area contributed by atoms with E-state index in [2.05, 4.69) is 0 Å². The van der Waals surface area contributed by atoms with Crippen LogP contribution in [0.2, 0.25) is 0 Å². The largest absolute Gasteiger partial charge is 0.456 e. The molecule has 0 bridgehead atoms. The van der Waals surface area contributed by atoms with Crippen molar-refractivity contribution in [3.05, 3.63) is 0 Å². The van der Waals surface area contributed by atoms with Crippen molar-refractivity contribution in [1.82, 2.24) is 0 Å². The maximum absolute atomic E-state index is 11.4. The van der Waals surface area contributed by atoms with Crippen LogP contribution in [0.4, 0.5) is 0 Å². The van der Waals surface area contributed by atoms with Gasteiger partial charge in [0.05, 0.1) is 6.10 Å². The van der Waals surface area contributed by atoms with Gasteiger partial charge in [-0.25, -0.2) is 0 Å². The molecular weight excluding hydrogens is 312 g/mol. The van der Waals surface area contributed by atoms with Gasteiger partial charge in [-0.15, -0.1) is 11.8 Å². The lowest BCUT2D eigenvalue weighted by Crippen LogP contribution is -2.59. The van der Waals surface area contributed by atoms with Gasteiger partial charge in [0, 0.05) is 20.8 Å². The van der Waals surface area contributed by atoms with Crippen LogP contribution in [0.15, 0.2) is 0 Å². The summed E-state index contributed by atoms with van der Waals surface area (Å²) in [6.45, 7) is 7.42. The van der Waals surface area contributed by atoms with Crippen molar-refractivity contribution in [2.75, 3.05) is 5.75 Å². The average molecular weight is 334 g/mol. The Labute approximate surface area is 134 Å². The van der Waals surface area contributed by atoms with Gasteiger partial charge in [-0.1, -0.05) is 6.92 Å². The Morgan fingerprint density at radius 3 is 1.82 bits per heavy atom. The molecule has 0 aromatic carbocycles. The van der Waals surface area contributed by atoms with Gasteiger partial charge >= 0.3 is 17.9 Å². The van der Waals surface area contributed by atoms with Crippen LogP contribution in [0.3, 0.4) is 0 Å². The lowest BCUT2D eigenvalue weighted by atomic mass is 10.00. The lowest BCUT2D eigenvalue weighted by molar-refractivity contribution is -0.228. The van der Waals surface area contributed by atoms with E-state index in [1.165, 1.54) is 32.5 Å². The minimum Gasteiger partial charge on any atom is -0.456 e. The standard InChI is InChI=1S/C14H22O7S/c1-6-22-14-13(21-10(5)17)12(20-9(4)16)11(7(2)18-14)19-8(3)15/h7,11-14H,6H2,1-5H3/t7?,11-,12?,13?,14+/m1/s1. The smallest absolute Gasteiger partial charge is 0.303 e. The van der Waals surface area contributed by atoms with Gasteiger partial charge in [-0.2, -0.15) is 0 Å². The van der Waals surface area contributed by atoms with E-state index in [-0.39, 0.29) is 0 Å². The van der Waals surface area contributed by atoms with E-state index in [0.717, 1.165) is 5.75 Å². The quantitative estimate of drug-likeness (QED) is 0.549. The summed E-state index contributed by atoms with van der Waals surface area (Å²) in [5, 5.41) is 0. The van der Waals surface area contributed by atoms with E-state index in [1.807, 2.05) is 6.92 Å². The number of hydrogen-bond donors (Lipinski definition) is 0. The summed E-state index contributed by atoms with van der Waals surface area (Å²) >= 11 is 1.43. The van der Waals surface area contributed by atoms with Gasteiger partial charge in [0.15, 0.2) is 18.3 Å². The summed E-state index contributed by atoms with van der Waals surface area (Å²) in [5.41, 5.74) is -0.500. The third kappa shape index (κ3) is 5.17. The van der Waals surface area contributed by atoms with Crippen molar-refractivity contribution in [2.45, 2.75) is 64.5 Å². The Hall–Kier alpha value is -1.28. The third-order valence-electron chi connectivity index (χ3n) is 2.96. The predicted molar refractivity (Wildman–Crippen MR) is 79.1 cm³/mol. The maximum atomic E-state index is 11.4. The number of carbonyl (C=O) groups is 3. The second kappa shape index (κ2) is 8.38. The topological polar surface area (TPSA) is 88.1 Å². The van der Waals surface area contributed by atoms with Crippen molar-refractivity contribution in [3.8, 4) is 0 Å². The zero-order chi connectivity index (χ0) is 16.9. The second-order valence-corrected chi connectivity index (χ2v) is 6.26. The van der Waals surface area contributed by atoms with E-state index >= 15 is 0 Å². The highest BCUT2D eigenvalue weighted by Crippen LogP contribution is 2.33. The summed E-state index contributed by atoms with van der Waals surface area (Å²) in [6.07, 6.45) is -3.08. The van der Waals surface area contributed by atoms with Crippen LogP contribution >= 0.6 is 11.8 Å². The second-order valence-electron chi connectivity index (χ2n) is 4.89.